The first-order valence-corrected chi connectivity index (χ1v) is 10.4. The molecule has 0 aliphatic carbocycles. The van der Waals surface area contributed by atoms with Crippen molar-refractivity contribution >= 4 is 22.6 Å². The van der Waals surface area contributed by atoms with E-state index in [2.05, 4.69) is 31.2 Å². The molecule has 2 aliphatic heterocycles. The number of nitrogens with zero attached hydrogens (tertiary/aromatic N) is 4. The van der Waals surface area contributed by atoms with E-state index in [1.165, 1.54) is 6.33 Å². The average molecular weight is 417 g/mol. The Hall–Kier alpha value is -3.36. The second-order valence-electron chi connectivity index (χ2n) is 7.50. The van der Waals surface area contributed by atoms with Crippen molar-refractivity contribution in [2.45, 2.75) is 5.92 Å². The third-order valence-electron chi connectivity index (χ3n) is 5.55. The summed E-state index contributed by atoms with van der Waals surface area (Å²) in [5, 5.41) is 3.66. The van der Waals surface area contributed by atoms with Crippen molar-refractivity contribution < 1.29 is 14.3 Å². The van der Waals surface area contributed by atoms with Gasteiger partial charge in [0.25, 0.3) is 0 Å². The van der Waals surface area contributed by atoms with Crippen LogP contribution in [0.1, 0.15) is 17.2 Å². The van der Waals surface area contributed by atoms with E-state index in [1.54, 1.807) is 6.20 Å². The fourth-order valence-corrected chi connectivity index (χ4v) is 3.95. The van der Waals surface area contributed by atoms with Crippen LogP contribution in [0.15, 0.2) is 55.0 Å². The van der Waals surface area contributed by atoms with Crippen molar-refractivity contribution in [3.63, 3.8) is 0 Å². The van der Waals surface area contributed by atoms with Crippen molar-refractivity contribution in [3.8, 4) is 5.75 Å². The molecule has 1 fully saturated rings. The highest BCUT2D eigenvalue weighted by Gasteiger charge is 2.34. The number of hydrogen-bond donors (Lipinski definition) is 1. The number of hydrogen-bond acceptors (Lipinski definition) is 7. The highest BCUT2D eigenvalue weighted by Crippen LogP contribution is 2.37. The monoisotopic (exact) mass is 417 g/mol. The van der Waals surface area contributed by atoms with E-state index in [4.69, 9.17) is 9.47 Å². The van der Waals surface area contributed by atoms with E-state index in [1.807, 2.05) is 36.4 Å². The molecular formula is C23H23N5O3. The summed E-state index contributed by atoms with van der Waals surface area (Å²) in [6.45, 7) is 4.93. The first-order chi connectivity index (χ1) is 15.3. The van der Waals surface area contributed by atoms with Gasteiger partial charge in [-0.25, -0.2) is 15.0 Å². The molecule has 1 saturated heterocycles. The maximum absolute atomic E-state index is 12.6. The van der Waals surface area contributed by atoms with Gasteiger partial charge in [-0.3, -0.25) is 9.69 Å². The van der Waals surface area contributed by atoms with Gasteiger partial charge in [-0.2, -0.15) is 0 Å². The molecule has 2 aliphatic rings. The maximum Gasteiger partial charge on any atom is 0.239 e. The molecule has 0 radical (unpaired) electrons. The Bertz CT molecular complexity index is 1130. The molecule has 0 bridgehead atoms. The van der Waals surface area contributed by atoms with Gasteiger partial charge in [0.05, 0.1) is 24.4 Å². The summed E-state index contributed by atoms with van der Waals surface area (Å²) in [5.41, 5.74) is 2.24. The Balaban J connectivity index is 1.30. The molecule has 8 nitrogen and oxygen atoms in total. The van der Waals surface area contributed by atoms with E-state index in [0.29, 0.717) is 18.1 Å². The van der Waals surface area contributed by atoms with Crippen LogP contribution >= 0.6 is 0 Å². The van der Waals surface area contributed by atoms with Crippen LogP contribution in [0.5, 0.6) is 5.75 Å². The zero-order valence-corrected chi connectivity index (χ0v) is 17.0. The molecule has 1 unspecified atom stereocenters. The number of morpholine rings is 1. The molecule has 0 saturated carbocycles. The third-order valence-corrected chi connectivity index (χ3v) is 5.55. The number of ether oxygens (including phenoxy) is 2. The molecule has 0 spiro atoms. The first-order valence-electron chi connectivity index (χ1n) is 10.4. The highest BCUT2D eigenvalue weighted by molar-refractivity contribution is 6.05. The second-order valence-corrected chi connectivity index (χ2v) is 7.50. The number of fused-ring (bicyclic) bond motifs is 2. The number of nitrogens with one attached hydrogen (secondary N) is 1. The van der Waals surface area contributed by atoms with Gasteiger partial charge >= 0.3 is 0 Å². The molecule has 2 aromatic heterocycles. The van der Waals surface area contributed by atoms with Crippen LogP contribution in [0.2, 0.25) is 0 Å². The zero-order valence-electron chi connectivity index (χ0n) is 17.0. The predicted octanol–water partition coefficient (Wildman–Crippen LogP) is 2.38. The van der Waals surface area contributed by atoms with Crippen LogP contribution in [0, 0.1) is 0 Å². The Morgan fingerprint density at radius 1 is 1.16 bits per heavy atom. The van der Waals surface area contributed by atoms with Crippen LogP contribution in [0.3, 0.4) is 0 Å². The number of anilines is 1. The summed E-state index contributed by atoms with van der Waals surface area (Å²) in [6.07, 6.45) is 7.30. The summed E-state index contributed by atoms with van der Waals surface area (Å²) < 4.78 is 11.2. The number of pyridine rings is 1. The lowest BCUT2D eigenvalue weighted by Crippen LogP contribution is -2.36. The molecular weight excluding hydrogens is 394 g/mol. The Kier molecular flexibility index (Phi) is 5.56. The maximum atomic E-state index is 12.6. The van der Waals surface area contributed by atoms with Gasteiger partial charge in [-0.05, 0) is 18.2 Å². The third kappa shape index (κ3) is 4.12. The van der Waals surface area contributed by atoms with Crippen LogP contribution in [0.25, 0.3) is 10.9 Å². The number of aromatic nitrogens is 3. The largest absolute Gasteiger partial charge is 0.489 e. The quantitative estimate of drug-likeness (QED) is 0.616. The number of benzene rings is 1. The van der Waals surface area contributed by atoms with E-state index >= 15 is 0 Å². The van der Waals surface area contributed by atoms with Gasteiger partial charge in [0.1, 0.15) is 30.4 Å². The molecule has 31 heavy (non-hydrogen) atoms. The molecule has 8 heteroatoms. The van der Waals surface area contributed by atoms with E-state index in [0.717, 1.165) is 55.1 Å². The Morgan fingerprint density at radius 3 is 2.97 bits per heavy atom. The molecule has 4 heterocycles. The van der Waals surface area contributed by atoms with Crippen molar-refractivity contribution in [2.75, 3.05) is 44.8 Å². The fraction of sp³-hybridized carbons (Fsp3) is 0.304. The van der Waals surface area contributed by atoms with Crippen LogP contribution < -0.4 is 10.1 Å². The SMILES string of the molecule is O=C1Nc2ncccc2C1c1ncnc2cc(OCC=CCN3CCOCC3)ccc12. The van der Waals surface area contributed by atoms with Gasteiger partial charge < -0.3 is 14.8 Å². The van der Waals surface area contributed by atoms with E-state index in [9.17, 15) is 4.79 Å². The second kappa shape index (κ2) is 8.79. The van der Waals surface area contributed by atoms with Gasteiger partial charge in [0.15, 0.2) is 0 Å². The lowest BCUT2D eigenvalue weighted by atomic mass is 9.95. The lowest BCUT2D eigenvalue weighted by Gasteiger charge is -2.25. The molecule has 1 aromatic carbocycles. The minimum absolute atomic E-state index is 0.126. The normalized spacial score (nSPS) is 19.0. The number of carbonyl (C=O) groups is 1. The fourth-order valence-electron chi connectivity index (χ4n) is 3.95. The number of amides is 1. The Labute approximate surface area is 179 Å². The summed E-state index contributed by atoms with van der Waals surface area (Å²) in [4.78, 5) is 28.0. The van der Waals surface area contributed by atoms with Gasteiger partial charge in [-0.15, -0.1) is 0 Å². The minimum atomic E-state index is -0.496. The highest BCUT2D eigenvalue weighted by atomic mass is 16.5. The summed E-state index contributed by atoms with van der Waals surface area (Å²) >= 11 is 0. The molecule has 1 atom stereocenters. The standard InChI is InChI=1S/C23H23N5O3/c29-23-20(18-4-3-7-24-22(18)27-23)21-17-6-5-16(14-19(17)25-15-26-21)31-11-2-1-8-28-9-12-30-13-10-28/h1-7,14-15,20H,8-13H2,(H,24,27,29). The average Bonchev–Trinajstić information content (AvgIpc) is 3.14. The zero-order chi connectivity index (χ0) is 21.0. The molecule has 158 valence electrons. The first kappa shape index (κ1) is 19.6. The Morgan fingerprint density at radius 2 is 2.06 bits per heavy atom. The topological polar surface area (TPSA) is 89.5 Å². The van der Waals surface area contributed by atoms with Crippen LogP contribution in [0.4, 0.5) is 5.82 Å². The molecule has 1 amide bonds. The van der Waals surface area contributed by atoms with Crippen molar-refractivity contribution in [2.24, 2.45) is 0 Å². The lowest BCUT2D eigenvalue weighted by molar-refractivity contribution is -0.116. The molecule has 3 aromatic rings. The number of rotatable bonds is 6. The van der Waals surface area contributed by atoms with Crippen LogP contribution in [-0.4, -0.2) is 65.2 Å². The van der Waals surface area contributed by atoms with Crippen LogP contribution in [-0.2, 0) is 9.53 Å². The van der Waals surface area contributed by atoms with Gasteiger partial charge in [0, 0.05) is 42.8 Å². The summed E-state index contributed by atoms with van der Waals surface area (Å²) in [6, 6.07) is 9.42. The minimum Gasteiger partial charge on any atom is -0.489 e. The predicted molar refractivity (Wildman–Crippen MR) is 116 cm³/mol. The van der Waals surface area contributed by atoms with E-state index in [-0.39, 0.29) is 5.91 Å². The smallest absolute Gasteiger partial charge is 0.239 e. The van der Waals surface area contributed by atoms with Crippen molar-refractivity contribution in [1.29, 1.82) is 0 Å². The van der Waals surface area contributed by atoms with Crippen molar-refractivity contribution in [3.05, 3.63) is 66.3 Å². The summed E-state index contributed by atoms with van der Waals surface area (Å²) in [7, 11) is 0. The van der Waals surface area contributed by atoms with Crippen molar-refractivity contribution in [1.82, 2.24) is 19.9 Å². The van der Waals surface area contributed by atoms with Gasteiger partial charge in [0.2, 0.25) is 5.91 Å². The molecule has 1 N–H and O–H groups in total. The molecule has 5 rings (SSSR count). The van der Waals surface area contributed by atoms with E-state index < -0.39 is 5.92 Å². The van der Waals surface area contributed by atoms with Gasteiger partial charge in [-0.1, -0.05) is 18.2 Å². The number of carbonyl (C=O) groups excluding carboxylic acids is 1. The summed E-state index contributed by atoms with van der Waals surface area (Å²) in [5.74, 6) is 0.697.